The molecule has 0 amide bonds. The summed E-state index contributed by atoms with van der Waals surface area (Å²) < 4.78 is 0. The molecule has 0 aliphatic carbocycles. The molecule has 0 bridgehead atoms. The summed E-state index contributed by atoms with van der Waals surface area (Å²) in [6, 6.07) is 1.33. The molecule has 9 heteroatoms. The van der Waals surface area contributed by atoms with Crippen molar-refractivity contribution >= 4 is 29.1 Å². The average Bonchev–Trinajstić information content (AvgIpc) is 2.70. The summed E-state index contributed by atoms with van der Waals surface area (Å²) in [7, 11) is 0. The Bertz CT molecular complexity index is 538. The van der Waals surface area contributed by atoms with Crippen LogP contribution < -0.4 is 15.0 Å². The fourth-order valence-corrected chi connectivity index (χ4v) is 2.25. The van der Waals surface area contributed by atoms with Crippen LogP contribution in [0.15, 0.2) is 12.1 Å². The number of nitrogens with zero attached hydrogens (tertiary/aromatic N) is 2. The van der Waals surface area contributed by atoms with Crippen LogP contribution in [0.3, 0.4) is 0 Å². The zero-order chi connectivity index (χ0) is 14.2. The summed E-state index contributed by atoms with van der Waals surface area (Å²) >= 11 is 5.73. The number of halogens is 1. The van der Waals surface area contributed by atoms with Gasteiger partial charge in [-0.3, -0.25) is 10.1 Å². The van der Waals surface area contributed by atoms with Gasteiger partial charge in [-0.25, -0.2) is 9.88 Å². The van der Waals surface area contributed by atoms with Crippen LogP contribution in [0, 0.1) is 10.1 Å². The van der Waals surface area contributed by atoms with Crippen LogP contribution in [0.5, 0.6) is 0 Å². The second-order valence-corrected chi connectivity index (χ2v) is 4.58. The van der Waals surface area contributed by atoms with Gasteiger partial charge in [0.1, 0.15) is 12.6 Å². The quantitative estimate of drug-likeness (QED) is 0.421. The first kappa shape index (κ1) is 13.5. The Hall–Kier alpha value is -1.93. The van der Waals surface area contributed by atoms with Gasteiger partial charge in [0.2, 0.25) is 0 Å². The van der Waals surface area contributed by atoms with Gasteiger partial charge in [0.25, 0.3) is 0 Å². The minimum Gasteiger partial charge on any atom is -0.546 e. The van der Waals surface area contributed by atoms with E-state index in [1.165, 1.54) is 17.0 Å². The van der Waals surface area contributed by atoms with Gasteiger partial charge in [0.15, 0.2) is 5.15 Å². The van der Waals surface area contributed by atoms with E-state index < -0.39 is 23.0 Å². The fraction of sp³-hybridized carbons (Fsp3) is 0.400. The number of rotatable bonds is 3. The second kappa shape index (κ2) is 4.98. The highest BCUT2D eigenvalue weighted by molar-refractivity contribution is 6.28. The molecule has 0 unspecified atom stereocenters. The van der Waals surface area contributed by atoms with E-state index in [-0.39, 0.29) is 29.6 Å². The van der Waals surface area contributed by atoms with Crippen molar-refractivity contribution in [2.75, 3.05) is 11.4 Å². The predicted octanol–water partition coefficient (Wildman–Crippen LogP) is -1.25. The van der Waals surface area contributed by atoms with E-state index in [1.807, 2.05) is 0 Å². The van der Waals surface area contributed by atoms with Gasteiger partial charge in [-0.1, -0.05) is 0 Å². The Labute approximate surface area is 112 Å². The van der Waals surface area contributed by atoms with Crippen molar-refractivity contribution in [3.63, 3.8) is 0 Å². The van der Waals surface area contributed by atoms with E-state index >= 15 is 0 Å². The number of H-pyrrole nitrogens is 1. The summed E-state index contributed by atoms with van der Waals surface area (Å²) in [5.41, 5.74) is -0.315. The maximum absolute atomic E-state index is 11.0. The molecule has 8 nitrogen and oxygen atoms in total. The monoisotopic (exact) mass is 287 g/mol. The van der Waals surface area contributed by atoms with E-state index in [9.17, 15) is 25.1 Å². The summed E-state index contributed by atoms with van der Waals surface area (Å²) in [6.07, 6.45) is -0.949. The molecular weight excluding hydrogens is 278 g/mol. The number of pyridine rings is 1. The average molecular weight is 288 g/mol. The molecule has 102 valence electrons. The van der Waals surface area contributed by atoms with Gasteiger partial charge in [-0.05, 0) is 11.6 Å². The van der Waals surface area contributed by atoms with Gasteiger partial charge < -0.3 is 15.0 Å². The molecule has 1 aliphatic heterocycles. The molecule has 0 aromatic carbocycles. The van der Waals surface area contributed by atoms with Crippen LogP contribution >= 0.6 is 11.6 Å². The smallest absolute Gasteiger partial charge is 0.357 e. The number of nitro groups is 1. The van der Waals surface area contributed by atoms with Crippen molar-refractivity contribution in [3.8, 4) is 0 Å². The SMILES string of the molecule is O=C([O-])[C@H]1C[C@H](O)CN1c1[nH+]c(Cl)ccc1[N+](=O)[O-]. The number of hydrogen-bond acceptors (Lipinski definition) is 6. The summed E-state index contributed by atoms with van der Waals surface area (Å²) in [4.78, 5) is 25.0. The number of hydrogen-bond donors (Lipinski definition) is 1. The van der Waals surface area contributed by atoms with E-state index in [0.29, 0.717) is 0 Å². The molecule has 0 radical (unpaired) electrons. The maximum atomic E-state index is 11.0. The molecular formula is C10H10ClN3O5. The molecule has 1 saturated heterocycles. The Morgan fingerprint density at radius 2 is 2.26 bits per heavy atom. The zero-order valence-corrected chi connectivity index (χ0v) is 10.3. The highest BCUT2D eigenvalue weighted by atomic mass is 35.5. The number of aromatic nitrogens is 1. The Morgan fingerprint density at radius 1 is 1.58 bits per heavy atom. The van der Waals surface area contributed by atoms with Crippen molar-refractivity contribution in [1.29, 1.82) is 0 Å². The van der Waals surface area contributed by atoms with Crippen LogP contribution in [-0.4, -0.2) is 34.7 Å². The topological polar surface area (TPSA) is 121 Å². The molecule has 1 fully saturated rings. The lowest BCUT2D eigenvalue weighted by Gasteiger charge is -2.18. The molecule has 2 rings (SSSR count). The first-order valence-electron chi connectivity index (χ1n) is 5.42. The fourth-order valence-electron chi connectivity index (χ4n) is 2.10. The van der Waals surface area contributed by atoms with Crippen LogP contribution in [0.2, 0.25) is 5.15 Å². The number of carbonyl (C=O) groups excluding carboxylic acids is 1. The minimum absolute atomic E-state index is 0.0453. The molecule has 2 atom stereocenters. The third-order valence-electron chi connectivity index (χ3n) is 2.90. The summed E-state index contributed by atoms with van der Waals surface area (Å²) in [6.45, 7) is -0.0453. The molecule has 1 aromatic heterocycles. The molecule has 0 saturated carbocycles. The number of aromatic amines is 1. The number of β-amino-alcohol motifs (C(OH)–C–C–N with tert-alkyl or cyclic N) is 1. The largest absolute Gasteiger partial charge is 0.546 e. The molecule has 1 aromatic rings. The number of carboxylic acid groups (broad SMARTS) is 1. The van der Waals surface area contributed by atoms with Gasteiger partial charge in [0, 0.05) is 18.6 Å². The molecule has 1 aliphatic rings. The summed E-state index contributed by atoms with van der Waals surface area (Å²) in [5, 5.41) is 31.6. The zero-order valence-electron chi connectivity index (χ0n) is 9.58. The Morgan fingerprint density at radius 3 is 2.84 bits per heavy atom. The van der Waals surface area contributed by atoms with Crippen molar-refractivity contribution in [2.45, 2.75) is 18.6 Å². The third-order valence-corrected chi connectivity index (χ3v) is 3.12. The van der Waals surface area contributed by atoms with Crippen molar-refractivity contribution < 1.29 is 24.9 Å². The number of carbonyl (C=O) groups is 1. The minimum atomic E-state index is -1.40. The Kier molecular flexibility index (Phi) is 3.54. The van der Waals surface area contributed by atoms with E-state index in [1.54, 1.807) is 0 Å². The van der Waals surface area contributed by atoms with Crippen molar-refractivity contribution in [1.82, 2.24) is 0 Å². The Balaban J connectivity index is 2.47. The number of aliphatic hydroxyl groups excluding tert-OH is 1. The number of aliphatic carboxylic acids is 1. The van der Waals surface area contributed by atoms with E-state index in [0.717, 1.165) is 0 Å². The lowest BCUT2D eigenvalue weighted by Crippen LogP contribution is -2.46. The van der Waals surface area contributed by atoms with Crippen LogP contribution in [0.25, 0.3) is 0 Å². The lowest BCUT2D eigenvalue weighted by molar-refractivity contribution is -0.410. The molecule has 19 heavy (non-hydrogen) atoms. The number of carboxylic acids is 1. The number of anilines is 1. The van der Waals surface area contributed by atoms with Crippen LogP contribution in [0.1, 0.15) is 6.42 Å². The standard InChI is InChI=1S/C10H10ClN3O5/c11-8-2-1-6(14(18)19)9(12-8)13-4-5(15)3-7(13)10(16)17/h1-2,5,7,15H,3-4H2,(H,16,17)/t5-,7+/m0/s1. The summed E-state index contributed by atoms with van der Waals surface area (Å²) in [5.74, 6) is -1.46. The van der Waals surface area contributed by atoms with Gasteiger partial charge in [0.05, 0.1) is 17.0 Å². The second-order valence-electron chi connectivity index (χ2n) is 4.17. The first-order valence-corrected chi connectivity index (χ1v) is 5.79. The van der Waals surface area contributed by atoms with E-state index in [2.05, 4.69) is 4.98 Å². The lowest BCUT2D eigenvalue weighted by atomic mass is 10.2. The van der Waals surface area contributed by atoms with E-state index in [4.69, 9.17) is 11.6 Å². The first-order chi connectivity index (χ1) is 8.90. The van der Waals surface area contributed by atoms with Gasteiger partial charge in [-0.15, -0.1) is 0 Å². The van der Waals surface area contributed by atoms with Crippen LogP contribution in [0.4, 0.5) is 11.5 Å². The normalized spacial score (nSPS) is 22.5. The molecule has 0 spiro atoms. The maximum Gasteiger partial charge on any atom is 0.357 e. The van der Waals surface area contributed by atoms with Gasteiger partial charge in [-0.2, -0.15) is 0 Å². The van der Waals surface area contributed by atoms with Crippen molar-refractivity contribution in [3.05, 3.63) is 27.4 Å². The predicted molar refractivity (Wildman–Crippen MR) is 61.4 cm³/mol. The molecule has 2 heterocycles. The third kappa shape index (κ3) is 2.59. The van der Waals surface area contributed by atoms with Crippen LogP contribution in [-0.2, 0) is 4.79 Å². The highest BCUT2D eigenvalue weighted by Gasteiger charge is 2.42. The number of aliphatic hydroxyl groups is 1. The molecule has 2 N–H and O–H groups in total. The number of nitrogens with one attached hydrogen (secondary N) is 1. The highest BCUT2D eigenvalue weighted by Crippen LogP contribution is 2.30. The van der Waals surface area contributed by atoms with Crippen molar-refractivity contribution in [2.24, 2.45) is 0 Å². The van der Waals surface area contributed by atoms with Gasteiger partial charge >= 0.3 is 11.5 Å².